The topological polar surface area (TPSA) is 35.9 Å². The summed E-state index contributed by atoms with van der Waals surface area (Å²) in [6.45, 7) is 6.35. The molecular weight excluding hydrogens is 336 g/mol. The minimum absolute atomic E-state index is 0. The number of unbranched alkanes of at least 4 members (excludes halogenated alkanes) is 1. The molecule has 0 radical (unpaired) electrons. The SMILES string of the molecule is Cl.Oc1ccc(OCCCCN2CCN(c3ccccc3)CC2)cc1. The first-order chi connectivity index (χ1) is 11.8. The number of nitrogens with zero attached hydrogens (tertiary/aromatic N) is 2. The number of hydrogen-bond acceptors (Lipinski definition) is 4. The zero-order chi connectivity index (χ0) is 16.6. The Morgan fingerprint density at radius 3 is 2.20 bits per heavy atom. The van der Waals surface area contributed by atoms with Crippen LogP contribution in [0, 0.1) is 0 Å². The Hall–Kier alpha value is -1.91. The number of rotatable bonds is 7. The van der Waals surface area contributed by atoms with E-state index >= 15 is 0 Å². The van der Waals surface area contributed by atoms with Crippen LogP contribution in [0.15, 0.2) is 54.6 Å². The molecule has 1 N–H and O–H groups in total. The predicted molar refractivity (Wildman–Crippen MR) is 105 cm³/mol. The maximum absolute atomic E-state index is 9.24. The molecule has 0 atom stereocenters. The van der Waals surface area contributed by atoms with E-state index < -0.39 is 0 Å². The van der Waals surface area contributed by atoms with Gasteiger partial charge in [-0.05, 0) is 55.8 Å². The van der Waals surface area contributed by atoms with Gasteiger partial charge in [-0.15, -0.1) is 12.4 Å². The van der Waals surface area contributed by atoms with Crippen molar-refractivity contribution in [1.82, 2.24) is 4.90 Å². The summed E-state index contributed by atoms with van der Waals surface area (Å²) in [5.74, 6) is 1.10. The molecule has 2 aromatic carbocycles. The van der Waals surface area contributed by atoms with Gasteiger partial charge in [0.2, 0.25) is 0 Å². The maximum atomic E-state index is 9.24. The van der Waals surface area contributed by atoms with Crippen LogP contribution in [0.3, 0.4) is 0 Å². The summed E-state index contributed by atoms with van der Waals surface area (Å²) < 4.78 is 5.69. The Kier molecular flexibility index (Phi) is 7.89. The van der Waals surface area contributed by atoms with Crippen molar-refractivity contribution in [3.8, 4) is 11.5 Å². The van der Waals surface area contributed by atoms with E-state index in [1.165, 1.54) is 5.69 Å². The lowest BCUT2D eigenvalue weighted by atomic mass is 10.2. The lowest BCUT2D eigenvalue weighted by Crippen LogP contribution is -2.46. The highest BCUT2D eigenvalue weighted by Crippen LogP contribution is 2.17. The third-order valence-corrected chi connectivity index (χ3v) is 4.47. The molecule has 2 aromatic rings. The molecule has 1 saturated heterocycles. The summed E-state index contributed by atoms with van der Waals surface area (Å²) in [5, 5.41) is 9.24. The van der Waals surface area contributed by atoms with Crippen LogP contribution in [0.4, 0.5) is 5.69 Å². The first-order valence-corrected chi connectivity index (χ1v) is 8.75. The Morgan fingerprint density at radius 1 is 0.840 bits per heavy atom. The summed E-state index contributed by atoms with van der Waals surface area (Å²) in [4.78, 5) is 5.00. The Morgan fingerprint density at radius 2 is 1.52 bits per heavy atom. The Balaban J connectivity index is 0.00000225. The van der Waals surface area contributed by atoms with Crippen molar-refractivity contribution in [2.75, 3.05) is 44.2 Å². The number of phenolic OH excluding ortho intramolecular Hbond substituents is 1. The maximum Gasteiger partial charge on any atom is 0.119 e. The minimum Gasteiger partial charge on any atom is -0.508 e. The van der Waals surface area contributed by atoms with Gasteiger partial charge in [-0.2, -0.15) is 0 Å². The van der Waals surface area contributed by atoms with E-state index in [2.05, 4.69) is 40.1 Å². The number of piperazine rings is 1. The first-order valence-electron chi connectivity index (χ1n) is 8.75. The van der Waals surface area contributed by atoms with Gasteiger partial charge in [0, 0.05) is 31.9 Å². The van der Waals surface area contributed by atoms with Gasteiger partial charge in [0.1, 0.15) is 11.5 Å². The summed E-state index contributed by atoms with van der Waals surface area (Å²) in [6, 6.07) is 17.6. The zero-order valence-electron chi connectivity index (χ0n) is 14.5. The highest BCUT2D eigenvalue weighted by molar-refractivity contribution is 5.85. The molecule has 1 aliphatic rings. The summed E-state index contributed by atoms with van der Waals surface area (Å²) >= 11 is 0. The van der Waals surface area contributed by atoms with Crippen LogP contribution >= 0.6 is 12.4 Å². The van der Waals surface area contributed by atoms with E-state index in [-0.39, 0.29) is 18.2 Å². The van der Waals surface area contributed by atoms with Crippen LogP contribution in [0.1, 0.15) is 12.8 Å². The smallest absolute Gasteiger partial charge is 0.119 e. The molecule has 0 saturated carbocycles. The number of halogens is 1. The second kappa shape index (κ2) is 10.2. The van der Waals surface area contributed by atoms with Crippen LogP contribution in [-0.4, -0.2) is 49.3 Å². The molecule has 0 spiro atoms. The molecule has 5 heteroatoms. The molecule has 0 amide bonds. The van der Waals surface area contributed by atoms with Crippen molar-refractivity contribution in [1.29, 1.82) is 0 Å². The van der Waals surface area contributed by atoms with E-state index in [1.54, 1.807) is 24.3 Å². The van der Waals surface area contributed by atoms with Crippen molar-refractivity contribution >= 4 is 18.1 Å². The van der Waals surface area contributed by atoms with Crippen LogP contribution < -0.4 is 9.64 Å². The molecule has 1 aliphatic heterocycles. The van der Waals surface area contributed by atoms with Crippen molar-refractivity contribution in [2.24, 2.45) is 0 Å². The average Bonchev–Trinajstić information content (AvgIpc) is 2.64. The number of para-hydroxylation sites is 1. The monoisotopic (exact) mass is 362 g/mol. The summed E-state index contributed by atoms with van der Waals surface area (Å²) in [5.41, 5.74) is 1.33. The zero-order valence-corrected chi connectivity index (χ0v) is 15.3. The number of ether oxygens (including phenoxy) is 1. The van der Waals surface area contributed by atoms with Gasteiger partial charge >= 0.3 is 0 Å². The van der Waals surface area contributed by atoms with E-state index in [4.69, 9.17) is 4.74 Å². The lowest BCUT2D eigenvalue weighted by Gasteiger charge is -2.36. The van der Waals surface area contributed by atoms with Gasteiger partial charge in [0.15, 0.2) is 0 Å². The van der Waals surface area contributed by atoms with Crippen molar-refractivity contribution < 1.29 is 9.84 Å². The standard InChI is InChI=1S/C20H26N2O2.ClH/c23-19-8-10-20(11-9-19)24-17-5-4-12-21-13-15-22(16-14-21)18-6-2-1-3-7-18;/h1-3,6-11,23H,4-5,12-17H2;1H. The second-order valence-electron chi connectivity index (χ2n) is 6.21. The van der Waals surface area contributed by atoms with Crippen LogP contribution in [0.2, 0.25) is 0 Å². The third kappa shape index (κ3) is 6.15. The average molecular weight is 363 g/mol. The van der Waals surface area contributed by atoms with Crippen LogP contribution in [-0.2, 0) is 0 Å². The molecule has 1 heterocycles. The van der Waals surface area contributed by atoms with Gasteiger partial charge in [-0.3, -0.25) is 4.90 Å². The molecule has 25 heavy (non-hydrogen) atoms. The van der Waals surface area contributed by atoms with Crippen molar-refractivity contribution in [3.63, 3.8) is 0 Å². The number of anilines is 1. The van der Waals surface area contributed by atoms with E-state index in [1.807, 2.05) is 0 Å². The molecule has 3 rings (SSSR count). The fourth-order valence-corrected chi connectivity index (χ4v) is 3.04. The molecule has 0 bridgehead atoms. The van der Waals surface area contributed by atoms with E-state index in [9.17, 15) is 5.11 Å². The van der Waals surface area contributed by atoms with Gasteiger partial charge in [-0.25, -0.2) is 0 Å². The third-order valence-electron chi connectivity index (χ3n) is 4.47. The number of aromatic hydroxyl groups is 1. The second-order valence-corrected chi connectivity index (χ2v) is 6.21. The fraction of sp³-hybridized carbons (Fsp3) is 0.400. The number of hydrogen-bond donors (Lipinski definition) is 1. The predicted octanol–water partition coefficient (Wildman–Crippen LogP) is 3.80. The number of phenols is 1. The molecular formula is C20H27ClN2O2. The largest absolute Gasteiger partial charge is 0.508 e. The minimum atomic E-state index is 0. The highest BCUT2D eigenvalue weighted by atomic mass is 35.5. The quantitative estimate of drug-likeness (QED) is 0.760. The molecule has 136 valence electrons. The molecule has 0 aliphatic carbocycles. The van der Waals surface area contributed by atoms with Crippen LogP contribution in [0.5, 0.6) is 11.5 Å². The molecule has 0 unspecified atom stereocenters. The van der Waals surface area contributed by atoms with Crippen molar-refractivity contribution in [3.05, 3.63) is 54.6 Å². The van der Waals surface area contributed by atoms with E-state index in [0.717, 1.165) is 57.9 Å². The highest BCUT2D eigenvalue weighted by Gasteiger charge is 2.16. The normalized spacial score (nSPS) is 14.8. The van der Waals surface area contributed by atoms with Gasteiger partial charge < -0.3 is 14.7 Å². The summed E-state index contributed by atoms with van der Waals surface area (Å²) in [7, 11) is 0. The first kappa shape index (κ1) is 19.4. The molecule has 4 nitrogen and oxygen atoms in total. The number of benzene rings is 2. The Bertz CT molecular complexity index is 599. The van der Waals surface area contributed by atoms with Crippen LogP contribution in [0.25, 0.3) is 0 Å². The van der Waals surface area contributed by atoms with Gasteiger partial charge in [-0.1, -0.05) is 18.2 Å². The van der Waals surface area contributed by atoms with E-state index in [0.29, 0.717) is 0 Å². The summed E-state index contributed by atoms with van der Waals surface area (Å²) in [6.07, 6.45) is 2.21. The lowest BCUT2D eigenvalue weighted by molar-refractivity contribution is 0.238. The fourth-order valence-electron chi connectivity index (χ4n) is 3.04. The van der Waals surface area contributed by atoms with Crippen molar-refractivity contribution in [2.45, 2.75) is 12.8 Å². The molecule has 1 fully saturated rings. The Labute approximate surface area is 156 Å². The van der Waals surface area contributed by atoms with Gasteiger partial charge in [0.05, 0.1) is 6.61 Å². The van der Waals surface area contributed by atoms with Gasteiger partial charge in [0.25, 0.3) is 0 Å². The molecule has 0 aromatic heterocycles.